The Morgan fingerprint density at radius 1 is 1.07 bits per heavy atom. The van der Waals surface area contributed by atoms with Crippen molar-refractivity contribution in [2.24, 2.45) is 5.92 Å². The van der Waals surface area contributed by atoms with Gasteiger partial charge in [0.05, 0.1) is 19.6 Å². The third-order valence-electron chi connectivity index (χ3n) is 8.85. The molecule has 0 unspecified atom stereocenters. The summed E-state index contributed by atoms with van der Waals surface area (Å²) in [6.45, 7) is 5.38. The lowest BCUT2D eigenvalue weighted by molar-refractivity contribution is -0.145. The van der Waals surface area contributed by atoms with E-state index in [1.165, 1.54) is 9.80 Å². The Labute approximate surface area is 277 Å². The Bertz CT molecular complexity index is 1410. The Balaban J connectivity index is 1.37. The maximum atomic E-state index is 14.1. The van der Waals surface area contributed by atoms with Gasteiger partial charge in [0.25, 0.3) is 0 Å². The van der Waals surface area contributed by atoms with E-state index >= 15 is 0 Å². The second-order valence-electron chi connectivity index (χ2n) is 13.4. The summed E-state index contributed by atoms with van der Waals surface area (Å²) >= 11 is 12.7. The van der Waals surface area contributed by atoms with Gasteiger partial charge in [0.1, 0.15) is 29.3 Å². The van der Waals surface area contributed by atoms with Gasteiger partial charge in [-0.25, -0.2) is 14.4 Å². The number of nitrogens with zero attached hydrogens (tertiary/aromatic N) is 2. The highest BCUT2D eigenvalue weighted by Crippen LogP contribution is 2.45. The topological polar surface area (TPSA) is 155 Å². The van der Waals surface area contributed by atoms with Gasteiger partial charge >= 0.3 is 18.2 Å². The van der Waals surface area contributed by atoms with Gasteiger partial charge in [-0.2, -0.15) is 0 Å². The molecule has 0 radical (unpaired) electrons. The molecule has 14 heteroatoms. The number of benzene rings is 1. The number of hydrogen-bond acceptors (Lipinski definition) is 7. The van der Waals surface area contributed by atoms with Crippen molar-refractivity contribution < 1.29 is 38.6 Å². The first-order valence-corrected chi connectivity index (χ1v) is 16.4. The van der Waals surface area contributed by atoms with Crippen LogP contribution in [-0.4, -0.2) is 80.7 Å². The minimum absolute atomic E-state index is 0.0546. The van der Waals surface area contributed by atoms with Crippen molar-refractivity contribution in [1.29, 1.82) is 0 Å². The van der Waals surface area contributed by atoms with Crippen LogP contribution in [-0.2, 0) is 36.9 Å². The maximum absolute atomic E-state index is 14.1. The van der Waals surface area contributed by atoms with Crippen LogP contribution in [0.1, 0.15) is 76.8 Å². The van der Waals surface area contributed by atoms with E-state index in [2.05, 4.69) is 10.6 Å². The molecule has 250 valence electrons. The van der Waals surface area contributed by atoms with Crippen molar-refractivity contribution in [3.8, 4) is 0 Å². The van der Waals surface area contributed by atoms with Gasteiger partial charge in [0.2, 0.25) is 11.8 Å². The van der Waals surface area contributed by atoms with Gasteiger partial charge in [-0.05, 0) is 69.7 Å². The molecule has 3 heterocycles. The molecule has 0 aromatic heterocycles. The van der Waals surface area contributed by atoms with Gasteiger partial charge in [-0.1, -0.05) is 48.2 Å². The van der Waals surface area contributed by atoms with E-state index in [9.17, 15) is 29.1 Å². The number of carbonyl (C=O) groups excluding carboxylic acids is 4. The fourth-order valence-corrected chi connectivity index (χ4v) is 6.83. The van der Waals surface area contributed by atoms with E-state index in [1.807, 2.05) is 12.2 Å². The molecule has 1 aromatic rings. The van der Waals surface area contributed by atoms with E-state index in [0.29, 0.717) is 22.9 Å². The van der Waals surface area contributed by atoms with Crippen molar-refractivity contribution >= 4 is 53.2 Å². The summed E-state index contributed by atoms with van der Waals surface area (Å²) < 4.78 is 11.2. The van der Waals surface area contributed by atoms with E-state index in [1.54, 1.807) is 32.9 Å². The summed E-state index contributed by atoms with van der Waals surface area (Å²) in [6.07, 6.45) is 4.84. The van der Waals surface area contributed by atoms with Crippen molar-refractivity contribution in [2.75, 3.05) is 6.54 Å². The molecule has 0 spiro atoms. The number of ether oxygens (including phenoxy) is 2. The number of halogens is 2. The first-order chi connectivity index (χ1) is 21.7. The molecule has 4 aliphatic rings. The Kier molecular flexibility index (Phi) is 9.79. The zero-order chi connectivity index (χ0) is 33.4. The molecule has 1 saturated carbocycles. The van der Waals surface area contributed by atoms with E-state index in [4.69, 9.17) is 32.7 Å². The number of nitrogens with one attached hydrogen (secondary N) is 2. The maximum Gasteiger partial charge on any atom is 0.410 e. The number of amides is 4. The predicted molar refractivity (Wildman–Crippen MR) is 168 cm³/mol. The van der Waals surface area contributed by atoms with Crippen molar-refractivity contribution in [1.82, 2.24) is 20.4 Å². The summed E-state index contributed by atoms with van der Waals surface area (Å²) in [4.78, 5) is 69.0. The standard InChI is InChI=1S/C32H40Cl2N4O8/c1-31(2,3)46-29(43)35-24-10-8-6-4-5-7-9-18-14-32(18,28(41)42)36-26(39)25-13-19(15-38(25)27(24)40)45-30(44)37-16-20-21(17-37)23(34)12-11-22(20)33/h7,9,11-12,18-19,24-25H,4-6,8,10,13-17H2,1-3H3,(H,35,43)(H,36,39)(H,41,42)/b9-7-/t18-,19+,24-,25-,32-/m0/s1. The lowest BCUT2D eigenvalue weighted by atomic mass is 10.0. The van der Waals surface area contributed by atoms with Crippen LogP contribution in [0.5, 0.6) is 0 Å². The fourth-order valence-electron chi connectivity index (χ4n) is 6.36. The van der Waals surface area contributed by atoms with Crippen LogP contribution >= 0.6 is 23.2 Å². The van der Waals surface area contributed by atoms with E-state index in [-0.39, 0.29) is 38.4 Å². The number of carboxylic acids is 1. The molecule has 12 nitrogen and oxygen atoms in total. The average molecular weight is 680 g/mol. The summed E-state index contributed by atoms with van der Waals surface area (Å²) in [5, 5.41) is 16.4. The summed E-state index contributed by atoms with van der Waals surface area (Å²) in [6, 6.07) is 1.17. The number of carboxylic acid groups (broad SMARTS) is 1. The van der Waals surface area contributed by atoms with Crippen molar-refractivity contribution in [3.05, 3.63) is 45.5 Å². The molecule has 3 aliphatic heterocycles. The molecule has 4 amide bonds. The molecular weight excluding hydrogens is 639 g/mol. The highest BCUT2D eigenvalue weighted by molar-refractivity contribution is 6.34. The number of alkyl carbamates (subject to hydrolysis) is 1. The quantitative estimate of drug-likeness (QED) is 0.386. The second kappa shape index (κ2) is 13.3. The van der Waals surface area contributed by atoms with Gasteiger partial charge in [-0.3, -0.25) is 14.5 Å². The molecule has 5 rings (SSSR count). The Morgan fingerprint density at radius 3 is 2.37 bits per heavy atom. The first-order valence-electron chi connectivity index (χ1n) is 15.6. The zero-order valence-electron chi connectivity index (χ0n) is 26.1. The van der Waals surface area contributed by atoms with Gasteiger partial charge in [-0.15, -0.1) is 0 Å². The molecule has 2 fully saturated rings. The lowest BCUT2D eigenvalue weighted by Gasteiger charge is -2.30. The number of carbonyl (C=O) groups is 5. The fraction of sp³-hybridized carbons (Fsp3) is 0.594. The number of fused-ring (bicyclic) bond motifs is 3. The predicted octanol–water partition coefficient (Wildman–Crippen LogP) is 4.79. The molecule has 1 aliphatic carbocycles. The number of allylic oxidation sites excluding steroid dienone is 1. The van der Waals surface area contributed by atoms with Crippen LogP contribution in [0.25, 0.3) is 0 Å². The molecule has 1 saturated heterocycles. The van der Waals surface area contributed by atoms with E-state index in [0.717, 1.165) is 30.4 Å². The average Bonchev–Trinajstić information content (AvgIpc) is 3.29. The molecule has 46 heavy (non-hydrogen) atoms. The van der Waals surface area contributed by atoms with Gasteiger partial charge < -0.3 is 30.1 Å². The summed E-state index contributed by atoms with van der Waals surface area (Å²) in [5.41, 5.74) is -0.833. The summed E-state index contributed by atoms with van der Waals surface area (Å²) in [5.74, 6) is -2.74. The molecule has 1 aromatic carbocycles. The van der Waals surface area contributed by atoms with Crippen molar-refractivity contribution in [2.45, 2.75) is 108 Å². The lowest BCUT2D eigenvalue weighted by Crippen LogP contribution is -2.56. The molecule has 3 N–H and O–H groups in total. The minimum atomic E-state index is -1.48. The van der Waals surface area contributed by atoms with Crippen LogP contribution in [0.4, 0.5) is 9.59 Å². The first kappa shape index (κ1) is 33.8. The van der Waals surface area contributed by atoms with E-state index < -0.39 is 59.3 Å². The van der Waals surface area contributed by atoms with Crippen LogP contribution in [0, 0.1) is 5.92 Å². The van der Waals surface area contributed by atoms with Crippen LogP contribution in [0.2, 0.25) is 10.0 Å². The molecular formula is C32H40Cl2N4O8. The largest absolute Gasteiger partial charge is 0.479 e. The number of aliphatic carboxylic acids is 1. The van der Waals surface area contributed by atoms with Crippen LogP contribution < -0.4 is 10.6 Å². The normalized spacial score (nSPS) is 28.9. The number of rotatable bonds is 3. The SMILES string of the molecule is CC(C)(C)OC(=O)N[C@H]1CCCCC/C=C\[C@H]2C[C@]2(C(=O)O)NC(=O)[C@@H]2C[C@@H](OC(=O)N3Cc4c(Cl)ccc(Cl)c4C3)CN2C1=O. The smallest absolute Gasteiger partial charge is 0.410 e. The highest BCUT2D eigenvalue weighted by Gasteiger charge is 2.61. The highest BCUT2D eigenvalue weighted by atomic mass is 35.5. The minimum Gasteiger partial charge on any atom is -0.479 e. The van der Waals surface area contributed by atoms with Gasteiger partial charge in [0.15, 0.2) is 0 Å². The zero-order valence-corrected chi connectivity index (χ0v) is 27.7. The summed E-state index contributed by atoms with van der Waals surface area (Å²) in [7, 11) is 0. The van der Waals surface area contributed by atoms with Crippen LogP contribution in [0.3, 0.4) is 0 Å². The molecule has 0 bridgehead atoms. The third kappa shape index (κ3) is 7.38. The van der Waals surface area contributed by atoms with Crippen molar-refractivity contribution in [3.63, 3.8) is 0 Å². The second-order valence-corrected chi connectivity index (χ2v) is 14.2. The Hall–Kier alpha value is -3.51. The molecule has 5 atom stereocenters. The Morgan fingerprint density at radius 2 is 1.74 bits per heavy atom. The number of hydrogen-bond donors (Lipinski definition) is 3. The third-order valence-corrected chi connectivity index (χ3v) is 9.56. The van der Waals surface area contributed by atoms with Crippen LogP contribution in [0.15, 0.2) is 24.3 Å². The monoisotopic (exact) mass is 678 g/mol. The van der Waals surface area contributed by atoms with Gasteiger partial charge in [0, 0.05) is 22.4 Å².